The van der Waals surface area contributed by atoms with Gasteiger partial charge in [-0.2, -0.15) is 0 Å². The van der Waals surface area contributed by atoms with Crippen LogP contribution in [0.25, 0.3) is 0 Å². The Morgan fingerprint density at radius 2 is 2.37 bits per heavy atom. The van der Waals surface area contributed by atoms with Crippen molar-refractivity contribution in [1.82, 2.24) is 9.55 Å². The van der Waals surface area contributed by atoms with E-state index in [2.05, 4.69) is 16.5 Å². The van der Waals surface area contributed by atoms with Gasteiger partial charge in [-0.1, -0.05) is 6.07 Å². The van der Waals surface area contributed by atoms with E-state index < -0.39 is 0 Å². The zero-order valence-electron chi connectivity index (χ0n) is 11.0. The average Bonchev–Trinajstić information content (AvgIpc) is 3.03. The van der Waals surface area contributed by atoms with Gasteiger partial charge >= 0.3 is 0 Å². The van der Waals surface area contributed by atoms with Gasteiger partial charge in [0.15, 0.2) is 0 Å². The lowest BCUT2D eigenvalue weighted by Gasteiger charge is -2.09. The second kappa shape index (κ2) is 5.05. The van der Waals surface area contributed by atoms with Gasteiger partial charge in [0.2, 0.25) is 0 Å². The lowest BCUT2D eigenvalue weighted by molar-refractivity contribution is 0.180. The van der Waals surface area contributed by atoms with E-state index in [0.717, 1.165) is 36.5 Å². The maximum Gasteiger partial charge on any atom is 0.146 e. The van der Waals surface area contributed by atoms with Gasteiger partial charge < -0.3 is 14.4 Å². The van der Waals surface area contributed by atoms with E-state index in [1.807, 2.05) is 24.4 Å². The van der Waals surface area contributed by atoms with E-state index in [4.69, 9.17) is 4.74 Å². The molecule has 3 rings (SSSR count). The van der Waals surface area contributed by atoms with Crippen LogP contribution in [0.4, 0.5) is 0 Å². The molecule has 1 aliphatic carbocycles. The molecule has 100 valence electrons. The maximum atomic E-state index is 9.77. The Kier molecular flexibility index (Phi) is 3.25. The molecule has 1 heterocycles. The zero-order chi connectivity index (χ0) is 13.2. The molecule has 0 bridgehead atoms. The number of hydrogen-bond acceptors (Lipinski definition) is 3. The molecule has 4 nitrogen and oxygen atoms in total. The highest BCUT2D eigenvalue weighted by Gasteiger charge is 2.20. The fourth-order valence-corrected chi connectivity index (χ4v) is 2.58. The predicted octanol–water partition coefficient (Wildman–Crippen LogP) is 2.46. The van der Waals surface area contributed by atoms with Crippen LogP contribution in [0.15, 0.2) is 30.6 Å². The minimum Gasteiger partial charge on any atom is -0.486 e. The van der Waals surface area contributed by atoms with Crippen LogP contribution in [0.3, 0.4) is 0 Å². The Balaban J connectivity index is 1.71. The van der Waals surface area contributed by atoms with Crippen molar-refractivity contribution >= 4 is 0 Å². The Morgan fingerprint density at radius 3 is 3.21 bits per heavy atom. The van der Waals surface area contributed by atoms with Gasteiger partial charge in [-0.3, -0.25) is 0 Å². The lowest BCUT2D eigenvalue weighted by atomic mass is 10.1. The first-order valence-electron chi connectivity index (χ1n) is 6.71. The van der Waals surface area contributed by atoms with Crippen molar-refractivity contribution in [2.75, 3.05) is 0 Å². The van der Waals surface area contributed by atoms with Gasteiger partial charge in [-0.15, -0.1) is 0 Å². The van der Waals surface area contributed by atoms with Crippen LogP contribution < -0.4 is 4.74 Å². The average molecular weight is 258 g/mol. The Morgan fingerprint density at radius 1 is 1.47 bits per heavy atom. The summed E-state index contributed by atoms with van der Waals surface area (Å²) in [6.07, 6.45) is 5.19. The largest absolute Gasteiger partial charge is 0.486 e. The zero-order valence-corrected chi connectivity index (χ0v) is 11.0. The van der Waals surface area contributed by atoms with Gasteiger partial charge in [0.25, 0.3) is 0 Å². The summed E-state index contributed by atoms with van der Waals surface area (Å²) >= 11 is 0. The first kappa shape index (κ1) is 12.2. The molecule has 19 heavy (non-hydrogen) atoms. The summed E-state index contributed by atoms with van der Waals surface area (Å²) in [4.78, 5) is 4.28. The molecule has 0 amide bonds. The summed E-state index contributed by atoms with van der Waals surface area (Å²) in [6.45, 7) is 3.46. The van der Waals surface area contributed by atoms with E-state index in [1.54, 1.807) is 6.20 Å². The van der Waals surface area contributed by atoms with E-state index in [1.165, 1.54) is 5.56 Å². The number of aryl methyl sites for hydroxylation is 2. The monoisotopic (exact) mass is 258 g/mol. The van der Waals surface area contributed by atoms with Gasteiger partial charge in [-0.25, -0.2) is 4.98 Å². The molecule has 1 atom stereocenters. The number of aromatic nitrogens is 2. The number of nitrogens with zero attached hydrogens (tertiary/aromatic N) is 2. The number of rotatable bonds is 4. The van der Waals surface area contributed by atoms with E-state index >= 15 is 0 Å². The van der Waals surface area contributed by atoms with Crippen LogP contribution in [0.1, 0.15) is 36.4 Å². The van der Waals surface area contributed by atoms with Crippen LogP contribution in [0.2, 0.25) is 0 Å². The quantitative estimate of drug-likeness (QED) is 0.916. The van der Waals surface area contributed by atoms with E-state index in [9.17, 15) is 5.11 Å². The molecule has 1 N–H and O–H groups in total. The molecular weight excluding hydrogens is 240 g/mol. The van der Waals surface area contributed by atoms with Crippen LogP contribution >= 0.6 is 0 Å². The molecule has 4 heteroatoms. The van der Waals surface area contributed by atoms with Crippen molar-refractivity contribution in [2.24, 2.45) is 0 Å². The molecule has 2 aromatic rings. The Hall–Kier alpha value is -1.81. The van der Waals surface area contributed by atoms with Crippen LogP contribution in [-0.4, -0.2) is 14.7 Å². The van der Waals surface area contributed by atoms with Gasteiger partial charge in [0, 0.05) is 18.9 Å². The summed E-state index contributed by atoms with van der Waals surface area (Å²) in [5.74, 6) is 1.78. The van der Waals surface area contributed by atoms with Crippen molar-refractivity contribution in [3.8, 4) is 5.75 Å². The smallest absolute Gasteiger partial charge is 0.146 e. The van der Waals surface area contributed by atoms with Gasteiger partial charge in [-0.05, 0) is 43.0 Å². The molecule has 0 spiro atoms. The summed E-state index contributed by atoms with van der Waals surface area (Å²) in [7, 11) is 0. The number of benzene rings is 1. The van der Waals surface area contributed by atoms with E-state index in [-0.39, 0.29) is 6.10 Å². The fraction of sp³-hybridized carbons (Fsp3) is 0.400. The van der Waals surface area contributed by atoms with Crippen molar-refractivity contribution in [2.45, 2.75) is 39.0 Å². The van der Waals surface area contributed by atoms with Crippen LogP contribution in [-0.2, 0) is 19.6 Å². The number of aliphatic hydroxyl groups excluding tert-OH is 1. The molecule has 0 saturated heterocycles. The molecule has 0 aliphatic heterocycles. The maximum absolute atomic E-state index is 9.77. The van der Waals surface area contributed by atoms with Crippen molar-refractivity contribution in [3.63, 3.8) is 0 Å². The summed E-state index contributed by atoms with van der Waals surface area (Å²) in [5.41, 5.74) is 2.24. The van der Waals surface area contributed by atoms with Crippen LogP contribution in [0, 0.1) is 0 Å². The molecule has 1 aromatic heterocycles. The molecule has 1 aromatic carbocycles. The topological polar surface area (TPSA) is 47.3 Å². The number of fused-ring (bicyclic) bond motifs is 1. The second-order valence-electron chi connectivity index (χ2n) is 4.83. The van der Waals surface area contributed by atoms with Crippen molar-refractivity contribution < 1.29 is 9.84 Å². The van der Waals surface area contributed by atoms with E-state index in [0.29, 0.717) is 6.61 Å². The summed E-state index contributed by atoms with van der Waals surface area (Å²) in [5, 5.41) is 9.77. The summed E-state index contributed by atoms with van der Waals surface area (Å²) < 4.78 is 7.86. The highest BCUT2D eigenvalue weighted by molar-refractivity contribution is 5.39. The number of aliphatic hydroxyl groups is 1. The number of ether oxygens (including phenoxy) is 1. The molecule has 0 radical (unpaired) electrons. The SMILES string of the molecule is CCn1ccnc1COc1ccc2c(c1)CC[C@H]2O. The highest BCUT2D eigenvalue weighted by atomic mass is 16.5. The van der Waals surface area contributed by atoms with Crippen LogP contribution in [0.5, 0.6) is 5.75 Å². The van der Waals surface area contributed by atoms with Crippen molar-refractivity contribution in [1.29, 1.82) is 0 Å². The molecular formula is C15H18N2O2. The molecule has 1 aliphatic rings. The third kappa shape index (κ3) is 2.36. The predicted molar refractivity (Wildman–Crippen MR) is 72.0 cm³/mol. The third-order valence-electron chi connectivity index (χ3n) is 3.67. The van der Waals surface area contributed by atoms with Gasteiger partial charge in [0.1, 0.15) is 18.2 Å². The first-order chi connectivity index (χ1) is 9.28. The molecule has 0 fully saturated rings. The highest BCUT2D eigenvalue weighted by Crippen LogP contribution is 2.33. The number of imidazole rings is 1. The Labute approximate surface area is 112 Å². The lowest BCUT2D eigenvalue weighted by Crippen LogP contribution is -2.05. The number of hydrogen-bond donors (Lipinski definition) is 1. The third-order valence-corrected chi connectivity index (χ3v) is 3.67. The Bertz CT molecular complexity index is 577. The molecule has 0 saturated carbocycles. The van der Waals surface area contributed by atoms with Gasteiger partial charge in [0.05, 0.1) is 6.10 Å². The summed E-state index contributed by atoms with van der Waals surface area (Å²) in [6, 6.07) is 5.92. The standard InChI is InChI=1S/C15H18N2O2/c1-2-17-8-7-16-15(17)10-19-12-4-5-13-11(9-12)3-6-14(13)18/h4-5,7-9,14,18H,2-3,6,10H2,1H3/t14-/m1/s1. The fourth-order valence-electron chi connectivity index (χ4n) is 2.58. The first-order valence-corrected chi connectivity index (χ1v) is 6.71. The minimum absolute atomic E-state index is 0.303. The molecule has 0 unspecified atom stereocenters. The minimum atomic E-state index is -0.303. The normalized spacial score (nSPS) is 17.5. The second-order valence-corrected chi connectivity index (χ2v) is 4.83. The van der Waals surface area contributed by atoms with Crippen molar-refractivity contribution in [3.05, 3.63) is 47.5 Å².